The van der Waals surface area contributed by atoms with E-state index >= 15 is 0 Å². The van der Waals surface area contributed by atoms with Crippen LogP contribution in [0.15, 0.2) is 42.5 Å². The van der Waals surface area contributed by atoms with Gasteiger partial charge in [-0.25, -0.2) is 4.39 Å². The number of rotatable bonds is 3. The fourth-order valence-electron chi connectivity index (χ4n) is 2.56. The number of ether oxygens (including phenoxy) is 1. The Morgan fingerprint density at radius 2 is 2.10 bits per heavy atom. The number of halogens is 1. The van der Waals surface area contributed by atoms with Gasteiger partial charge >= 0.3 is 0 Å². The van der Waals surface area contributed by atoms with Crippen LogP contribution in [0.2, 0.25) is 0 Å². The van der Waals surface area contributed by atoms with E-state index in [9.17, 15) is 4.39 Å². The predicted octanol–water partition coefficient (Wildman–Crippen LogP) is 2.89. The maximum atomic E-state index is 13.3. The molecule has 0 bridgehead atoms. The van der Waals surface area contributed by atoms with Crippen LogP contribution in [0.5, 0.6) is 5.75 Å². The molecule has 1 unspecified atom stereocenters. The predicted molar refractivity (Wildman–Crippen MR) is 78.7 cm³/mol. The van der Waals surface area contributed by atoms with Crippen LogP contribution in [-0.4, -0.2) is 18.3 Å². The zero-order valence-corrected chi connectivity index (χ0v) is 11.5. The summed E-state index contributed by atoms with van der Waals surface area (Å²) in [6.45, 7) is 0.294. The summed E-state index contributed by atoms with van der Waals surface area (Å²) in [5.74, 6) is 5.81. The van der Waals surface area contributed by atoms with Gasteiger partial charge in [-0.2, -0.15) is 0 Å². The van der Waals surface area contributed by atoms with Gasteiger partial charge in [0.1, 0.15) is 18.2 Å². The number of hydrogen-bond donors (Lipinski definition) is 1. The van der Waals surface area contributed by atoms with Crippen molar-refractivity contribution in [2.45, 2.75) is 12.3 Å². The molecular formula is C18H15FO2. The van der Waals surface area contributed by atoms with E-state index in [0.29, 0.717) is 23.8 Å². The molecule has 21 heavy (non-hydrogen) atoms. The molecule has 0 aromatic heterocycles. The Kier molecular flexibility index (Phi) is 3.89. The van der Waals surface area contributed by atoms with Crippen molar-refractivity contribution in [2.24, 2.45) is 0 Å². The van der Waals surface area contributed by atoms with Crippen LogP contribution in [0, 0.1) is 17.7 Å². The highest BCUT2D eigenvalue weighted by atomic mass is 19.1. The average Bonchev–Trinajstić information content (AvgIpc) is 2.47. The Morgan fingerprint density at radius 3 is 2.90 bits per heavy atom. The summed E-state index contributed by atoms with van der Waals surface area (Å²) in [5.41, 5.74) is 3.16. The molecule has 0 fully saturated rings. The highest BCUT2D eigenvalue weighted by Crippen LogP contribution is 2.35. The zero-order chi connectivity index (χ0) is 14.7. The molecule has 106 valence electrons. The summed E-state index contributed by atoms with van der Waals surface area (Å²) >= 11 is 0. The number of aliphatic hydroxyl groups excluding tert-OH is 1. The Bertz CT molecular complexity index is 713. The summed E-state index contributed by atoms with van der Waals surface area (Å²) < 4.78 is 19.1. The Balaban J connectivity index is 1.72. The van der Waals surface area contributed by atoms with Crippen molar-refractivity contribution in [1.82, 2.24) is 0 Å². The van der Waals surface area contributed by atoms with Gasteiger partial charge in [0.05, 0.1) is 12.2 Å². The lowest BCUT2D eigenvalue weighted by Crippen LogP contribution is -2.23. The van der Waals surface area contributed by atoms with E-state index in [4.69, 9.17) is 9.84 Å². The van der Waals surface area contributed by atoms with Gasteiger partial charge in [-0.3, -0.25) is 0 Å². The number of benzene rings is 2. The van der Waals surface area contributed by atoms with Gasteiger partial charge in [-0.1, -0.05) is 36.1 Å². The van der Waals surface area contributed by atoms with Gasteiger partial charge in [0, 0.05) is 5.92 Å². The van der Waals surface area contributed by atoms with Crippen molar-refractivity contribution < 1.29 is 14.2 Å². The largest absolute Gasteiger partial charge is 0.492 e. The SMILES string of the molecule is OCC#Cc1cc(F)ccc1OCC1Cc2ccccc21. The maximum absolute atomic E-state index is 13.3. The first kappa shape index (κ1) is 13.7. The molecular weight excluding hydrogens is 267 g/mol. The highest BCUT2D eigenvalue weighted by molar-refractivity contribution is 5.47. The first-order chi connectivity index (χ1) is 10.3. The van der Waals surface area contributed by atoms with E-state index in [0.717, 1.165) is 6.42 Å². The molecule has 3 rings (SSSR count). The van der Waals surface area contributed by atoms with Crippen molar-refractivity contribution in [2.75, 3.05) is 13.2 Å². The minimum Gasteiger partial charge on any atom is -0.492 e. The molecule has 0 saturated carbocycles. The summed E-state index contributed by atoms with van der Waals surface area (Å²) in [7, 11) is 0. The standard InChI is InChI=1S/C18H15FO2/c19-16-7-8-18(14(11-16)5-3-9-20)21-12-15-10-13-4-1-2-6-17(13)15/h1-2,4,6-8,11,15,20H,9-10,12H2. The second-order valence-corrected chi connectivity index (χ2v) is 5.01. The average molecular weight is 282 g/mol. The van der Waals surface area contributed by atoms with Crippen molar-refractivity contribution in [3.8, 4) is 17.6 Å². The normalized spacial score (nSPS) is 15.4. The van der Waals surface area contributed by atoms with Gasteiger partial charge in [-0.15, -0.1) is 0 Å². The molecule has 3 heteroatoms. The fraction of sp³-hybridized carbons (Fsp3) is 0.222. The van der Waals surface area contributed by atoms with Crippen LogP contribution >= 0.6 is 0 Å². The third-order valence-electron chi connectivity index (χ3n) is 3.64. The molecule has 1 aliphatic carbocycles. The topological polar surface area (TPSA) is 29.5 Å². The minimum absolute atomic E-state index is 0.258. The van der Waals surface area contributed by atoms with Crippen LogP contribution in [0.25, 0.3) is 0 Å². The van der Waals surface area contributed by atoms with E-state index in [1.165, 1.54) is 23.3 Å². The van der Waals surface area contributed by atoms with Crippen LogP contribution < -0.4 is 4.74 Å². The maximum Gasteiger partial charge on any atom is 0.135 e. The summed E-state index contributed by atoms with van der Waals surface area (Å²) in [6, 6.07) is 12.6. The molecule has 0 spiro atoms. The molecule has 1 N–H and O–H groups in total. The van der Waals surface area contributed by atoms with E-state index < -0.39 is 0 Å². The summed E-state index contributed by atoms with van der Waals surface area (Å²) in [6.07, 6.45) is 1.01. The summed E-state index contributed by atoms with van der Waals surface area (Å²) in [5, 5.41) is 8.75. The first-order valence-corrected chi connectivity index (χ1v) is 6.88. The molecule has 2 aromatic rings. The van der Waals surface area contributed by atoms with Gasteiger partial charge in [0.25, 0.3) is 0 Å². The van der Waals surface area contributed by atoms with Crippen molar-refractivity contribution in [1.29, 1.82) is 0 Å². The number of aliphatic hydroxyl groups is 1. The van der Waals surface area contributed by atoms with Crippen molar-refractivity contribution >= 4 is 0 Å². The molecule has 0 heterocycles. The molecule has 2 aromatic carbocycles. The monoisotopic (exact) mass is 282 g/mol. The summed E-state index contributed by atoms with van der Waals surface area (Å²) in [4.78, 5) is 0. The van der Waals surface area contributed by atoms with Crippen LogP contribution in [0.3, 0.4) is 0 Å². The van der Waals surface area contributed by atoms with Gasteiger partial charge in [0.2, 0.25) is 0 Å². The lowest BCUT2D eigenvalue weighted by molar-refractivity contribution is 0.274. The smallest absolute Gasteiger partial charge is 0.135 e. The van der Waals surface area contributed by atoms with Gasteiger partial charge in [0.15, 0.2) is 0 Å². The Labute approximate surface area is 123 Å². The Hall–Kier alpha value is -2.31. The zero-order valence-electron chi connectivity index (χ0n) is 11.5. The quantitative estimate of drug-likeness (QED) is 0.877. The second kappa shape index (κ2) is 5.99. The first-order valence-electron chi connectivity index (χ1n) is 6.88. The molecule has 0 saturated heterocycles. The molecule has 1 atom stereocenters. The Morgan fingerprint density at radius 1 is 1.24 bits per heavy atom. The fourth-order valence-corrected chi connectivity index (χ4v) is 2.56. The van der Waals surface area contributed by atoms with E-state index in [-0.39, 0.29) is 12.4 Å². The molecule has 0 radical (unpaired) electrons. The second-order valence-electron chi connectivity index (χ2n) is 5.01. The molecule has 2 nitrogen and oxygen atoms in total. The van der Waals surface area contributed by atoms with Crippen molar-refractivity contribution in [3.63, 3.8) is 0 Å². The van der Waals surface area contributed by atoms with Crippen LogP contribution in [0.1, 0.15) is 22.6 Å². The van der Waals surface area contributed by atoms with E-state index in [2.05, 4.69) is 24.0 Å². The number of hydrogen-bond acceptors (Lipinski definition) is 2. The third-order valence-corrected chi connectivity index (χ3v) is 3.64. The lowest BCUT2D eigenvalue weighted by Gasteiger charge is -2.30. The lowest BCUT2D eigenvalue weighted by atomic mass is 9.78. The van der Waals surface area contributed by atoms with E-state index in [1.54, 1.807) is 6.07 Å². The van der Waals surface area contributed by atoms with E-state index in [1.807, 2.05) is 12.1 Å². The van der Waals surface area contributed by atoms with Crippen LogP contribution in [0.4, 0.5) is 4.39 Å². The third kappa shape index (κ3) is 2.91. The van der Waals surface area contributed by atoms with Crippen LogP contribution in [-0.2, 0) is 6.42 Å². The minimum atomic E-state index is -0.362. The number of fused-ring (bicyclic) bond motifs is 1. The molecule has 0 aliphatic heterocycles. The van der Waals surface area contributed by atoms with Crippen molar-refractivity contribution in [3.05, 3.63) is 65.0 Å². The van der Waals surface area contributed by atoms with Gasteiger partial charge in [-0.05, 0) is 35.7 Å². The molecule has 1 aliphatic rings. The highest BCUT2D eigenvalue weighted by Gasteiger charge is 2.26. The molecule has 0 amide bonds. The van der Waals surface area contributed by atoms with Gasteiger partial charge < -0.3 is 9.84 Å².